The smallest absolute Gasteiger partial charge is 0.251 e. The summed E-state index contributed by atoms with van der Waals surface area (Å²) in [5, 5.41) is 3.21. The van der Waals surface area contributed by atoms with E-state index in [0.717, 1.165) is 5.56 Å². The molecule has 2 aromatic carbocycles. The second-order valence-corrected chi connectivity index (χ2v) is 7.00. The van der Waals surface area contributed by atoms with Gasteiger partial charge in [0.2, 0.25) is 5.91 Å². The lowest BCUT2D eigenvalue weighted by molar-refractivity contribution is -0.130. The number of benzene rings is 2. The second kappa shape index (κ2) is 8.91. The Balaban J connectivity index is 1.77. The molecule has 1 saturated heterocycles. The van der Waals surface area contributed by atoms with Crippen LogP contribution in [-0.4, -0.2) is 54.0 Å². The number of likely N-dealkylation sites (N-methyl/N-ethyl adjacent to an activating group) is 1. The molecule has 1 aliphatic rings. The van der Waals surface area contributed by atoms with Crippen LogP contribution in [0.25, 0.3) is 0 Å². The third-order valence-corrected chi connectivity index (χ3v) is 5.27. The Labute approximate surface area is 175 Å². The van der Waals surface area contributed by atoms with Crippen LogP contribution in [0.1, 0.15) is 12.0 Å². The van der Waals surface area contributed by atoms with Crippen LogP contribution in [0.15, 0.2) is 48.5 Å². The van der Waals surface area contributed by atoms with Crippen molar-refractivity contribution in [2.24, 2.45) is 0 Å². The molecule has 1 aliphatic heterocycles. The maximum Gasteiger partial charge on any atom is 0.251 e. The van der Waals surface area contributed by atoms with Crippen molar-refractivity contribution in [1.82, 2.24) is 9.80 Å². The van der Waals surface area contributed by atoms with Crippen LogP contribution in [0, 0.1) is 0 Å². The molecule has 152 valence electrons. The zero-order valence-electron chi connectivity index (χ0n) is 16.5. The number of hydrogen-bond acceptors (Lipinski definition) is 5. The summed E-state index contributed by atoms with van der Waals surface area (Å²) in [6.45, 7) is 0.374. The molecule has 0 aromatic heterocycles. The van der Waals surface area contributed by atoms with E-state index in [-0.39, 0.29) is 18.2 Å². The Kier molecular flexibility index (Phi) is 6.33. The van der Waals surface area contributed by atoms with Gasteiger partial charge in [0, 0.05) is 19.3 Å². The average Bonchev–Trinajstić information content (AvgIpc) is 2.92. The molecule has 29 heavy (non-hydrogen) atoms. The van der Waals surface area contributed by atoms with Crippen LogP contribution < -0.4 is 14.8 Å². The molecular weight excluding hydrogens is 390 g/mol. The largest absolute Gasteiger partial charge is 0.493 e. The number of ether oxygens (including phenoxy) is 2. The standard InChI is InChI=1S/C21H23N3O4S/c1-23-20(26)16(12-19(25)22-15-7-5-4-6-8-15)24(21(23)29)13-14-9-10-17(27-2)18(11-14)28-3/h4-11,16H,12-13H2,1-3H3,(H,22,25). The van der Waals surface area contributed by atoms with Crippen LogP contribution in [-0.2, 0) is 16.1 Å². The van der Waals surface area contributed by atoms with Gasteiger partial charge in [-0.1, -0.05) is 24.3 Å². The minimum Gasteiger partial charge on any atom is -0.493 e. The van der Waals surface area contributed by atoms with Gasteiger partial charge < -0.3 is 19.7 Å². The van der Waals surface area contributed by atoms with E-state index in [0.29, 0.717) is 28.8 Å². The monoisotopic (exact) mass is 413 g/mol. The van der Waals surface area contributed by atoms with Gasteiger partial charge in [-0.15, -0.1) is 0 Å². The van der Waals surface area contributed by atoms with Crippen LogP contribution >= 0.6 is 12.2 Å². The first-order valence-electron chi connectivity index (χ1n) is 9.08. The van der Waals surface area contributed by atoms with Gasteiger partial charge >= 0.3 is 0 Å². The molecule has 1 unspecified atom stereocenters. The molecule has 1 fully saturated rings. The third-order valence-electron chi connectivity index (χ3n) is 4.76. The molecular formula is C21H23N3O4S. The summed E-state index contributed by atoms with van der Waals surface area (Å²) in [5.41, 5.74) is 1.58. The van der Waals surface area contributed by atoms with Crippen molar-refractivity contribution in [3.8, 4) is 11.5 Å². The fourth-order valence-corrected chi connectivity index (χ4v) is 3.52. The summed E-state index contributed by atoms with van der Waals surface area (Å²) in [4.78, 5) is 28.4. The predicted octanol–water partition coefficient (Wildman–Crippen LogP) is 2.66. The summed E-state index contributed by atoms with van der Waals surface area (Å²) < 4.78 is 10.6. The lowest BCUT2D eigenvalue weighted by atomic mass is 10.1. The molecule has 3 rings (SSSR count). The van der Waals surface area contributed by atoms with Gasteiger partial charge in [0.15, 0.2) is 16.6 Å². The summed E-state index contributed by atoms with van der Waals surface area (Å²) >= 11 is 5.45. The van der Waals surface area contributed by atoms with Crippen molar-refractivity contribution in [2.45, 2.75) is 19.0 Å². The molecule has 1 atom stereocenters. The fourth-order valence-electron chi connectivity index (χ4n) is 3.24. The van der Waals surface area contributed by atoms with Gasteiger partial charge in [0.1, 0.15) is 6.04 Å². The van der Waals surface area contributed by atoms with Crippen LogP contribution in [0.2, 0.25) is 0 Å². The number of thiocarbonyl (C=S) groups is 1. The lowest BCUT2D eigenvalue weighted by Crippen LogP contribution is -2.37. The van der Waals surface area contributed by atoms with E-state index in [4.69, 9.17) is 21.7 Å². The average molecular weight is 413 g/mol. The van der Waals surface area contributed by atoms with Crippen molar-refractivity contribution in [3.63, 3.8) is 0 Å². The van der Waals surface area contributed by atoms with Crippen LogP contribution in [0.3, 0.4) is 0 Å². The number of nitrogens with zero attached hydrogens (tertiary/aromatic N) is 2. The van der Waals surface area contributed by atoms with Crippen LogP contribution in [0.5, 0.6) is 11.5 Å². The van der Waals surface area contributed by atoms with Gasteiger partial charge in [-0.05, 0) is 42.0 Å². The van der Waals surface area contributed by atoms with Crippen molar-refractivity contribution < 1.29 is 19.1 Å². The van der Waals surface area contributed by atoms with Crippen molar-refractivity contribution >= 4 is 34.8 Å². The highest BCUT2D eigenvalue weighted by Gasteiger charge is 2.41. The summed E-state index contributed by atoms with van der Waals surface area (Å²) in [5.74, 6) is 0.768. The number of hydrogen-bond donors (Lipinski definition) is 1. The molecule has 0 spiro atoms. The summed E-state index contributed by atoms with van der Waals surface area (Å²) in [6, 6.07) is 14.0. The van der Waals surface area contributed by atoms with E-state index in [1.165, 1.54) is 4.90 Å². The number of anilines is 1. The molecule has 7 nitrogen and oxygen atoms in total. The topological polar surface area (TPSA) is 71.1 Å². The quantitative estimate of drug-likeness (QED) is 0.704. The molecule has 0 saturated carbocycles. The summed E-state index contributed by atoms with van der Waals surface area (Å²) in [6.07, 6.45) is 0.00545. The maximum atomic E-state index is 12.7. The molecule has 8 heteroatoms. The number of methoxy groups -OCH3 is 2. The van der Waals surface area contributed by atoms with Crippen molar-refractivity contribution in [3.05, 3.63) is 54.1 Å². The normalized spacial score (nSPS) is 16.2. The zero-order chi connectivity index (χ0) is 21.0. The fraction of sp³-hybridized carbons (Fsp3) is 0.286. The first-order chi connectivity index (χ1) is 13.9. The SMILES string of the molecule is COc1ccc(CN2C(=S)N(C)C(=O)C2CC(=O)Nc2ccccc2)cc1OC. The highest BCUT2D eigenvalue weighted by atomic mass is 32.1. The number of nitrogens with one attached hydrogen (secondary N) is 1. The molecule has 2 aromatic rings. The molecule has 0 aliphatic carbocycles. The number of carbonyl (C=O) groups excluding carboxylic acids is 2. The van der Waals surface area contributed by atoms with Gasteiger partial charge in [0.05, 0.1) is 20.6 Å². The highest BCUT2D eigenvalue weighted by Crippen LogP contribution is 2.30. The molecule has 1 heterocycles. The number of rotatable bonds is 7. The Bertz CT molecular complexity index is 919. The first-order valence-corrected chi connectivity index (χ1v) is 9.49. The number of carbonyl (C=O) groups is 2. The maximum absolute atomic E-state index is 12.7. The van der Waals surface area contributed by atoms with Crippen molar-refractivity contribution in [1.29, 1.82) is 0 Å². The number of amides is 2. The van der Waals surface area contributed by atoms with E-state index >= 15 is 0 Å². The van der Waals surface area contributed by atoms with E-state index < -0.39 is 6.04 Å². The Morgan fingerprint density at radius 2 is 1.79 bits per heavy atom. The van der Waals surface area contributed by atoms with Crippen molar-refractivity contribution in [2.75, 3.05) is 26.6 Å². The van der Waals surface area contributed by atoms with E-state index in [1.807, 2.05) is 30.3 Å². The van der Waals surface area contributed by atoms with Crippen LogP contribution in [0.4, 0.5) is 5.69 Å². The Hall–Kier alpha value is -3.13. The molecule has 0 radical (unpaired) electrons. The predicted molar refractivity (Wildman–Crippen MR) is 114 cm³/mol. The van der Waals surface area contributed by atoms with Gasteiger partial charge in [-0.3, -0.25) is 14.5 Å². The number of para-hydroxylation sites is 1. The molecule has 1 N–H and O–H groups in total. The van der Waals surface area contributed by atoms with Gasteiger partial charge in [0.25, 0.3) is 5.91 Å². The Morgan fingerprint density at radius 1 is 1.10 bits per heavy atom. The lowest BCUT2D eigenvalue weighted by Gasteiger charge is -2.24. The van der Waals surface area contributed by atoms with Gasteiger partial charge in [-0.25, -0.2) is 0 Å². The minimum atomic E-state index is -0.663. The Morgan fingerprint density at radius 3 is 2.45 bits per heavy atom. The first kappa shape index (κ1) is 20.6. The zero-order valence-corrected chi connectivity index (χ0v) is 17.4. The molecule has 0 bridgehead atoms. The third kappa shape index (κ3) is 4.48. The molecule has 2 amide bonds. The second-order valence-electron chi connectivity index (χ2n) is 6.63. The highest BCUT2D eigenvalue weighted by molar-refractivity contribution is 7.80. The van der Waals surface area contributed by atoms with E-state index in [1.54, 1.807) is 44.4 Å². The minimum absolute atomic E-state index is 0.00545. The van der Waals surface area contributed by atoms with E-state index in [2.05, 4.69) is 5.32 Å². The van der Waals surface area contributed by atoms with Gasteiger partial charge in [-0.2, -0.15) is 0 Å². The summed E-state index contributed by atoms with van der Waals surface area (Å²) in [7, 11) is 4.76. The van der Waals surface area contributed by atoms with E-state index in [9.17, 15) is 9.59 Å².